The number of fused-ring (bicyclic) bond motifs is 1. The minimum Gasteiger partial charge on any atom is -0.406 e. The molecule has 0 saturated carbocycles. The van der Waals surface area contributed by atoms with Crippen molar-refractivity contribution in [3.63, 3.8) is 0 Å². The molecule has 40 heavy (non-hydrogen) atoms. The van der Waals surface area contributed by atoms with Crippen molar-refractivity contribution in [3.05, 3.63) is 102 Å². The van der Waals surface area contributed by atoms with E-state index in [4.69, 9.17) is 0 Å². The van der Waals surface area contributed by atoms with Crippen LogP contribution in [0.5, 0.6) is 5.75 Å². The van der Waals surface area contributed by atoms with Crippen molar-refractivity contribution in [2.24, 2.45) is 5.10 Å². The summed E-state index contributed by atoms with van der Waals surface area (Å²) in [6.07, 6.45) is -7.73. The fourth-order valence-corrected chi connectivity index (χ4v) is 4.41. The average Bonchev–Trinajstić information content (AvgIpc) is 3.32. The second kappa shape index (κ2) is 10.5. The first-order chi connectivity index (χ1) is 18.9. The van der Waals surface area contributed by atoms with Crippen molar-refractivity contribution in [2.75, 3.05) is 18.4 Å². The predicted octanol–water partition coefficient (Wildman–Crippen LogP) is 6.59. The third kappa shape index (κ3) is 6.33. The molecule has 4 aromatic rings. The number of amides is 1. The van der Waals surface area contributed by atoms with Gasteiger partial charge in [-0.05, 0) is 59.7 Å². The fraction of sp³-hybridized carbons (Fsp3) is 0.179. The molecular weight excluding hydrogens is 538 g/mol. The molecule has 1 N–H and O–H groups in total. The van der Waals surface area contributed by atoms with Crippen LogP contribution in [-0.4, -0.2) is 41.1 Å². The summed E-state index contributed by atoms with van der Waals surface area (Å²) < 4.78 is 80.8. The van der Waals surface area contributed by atoms with Gasteiger partial charge >= 0.3 is 12.5 Å². The molecule has 1 aliphatic rings. The summed E-state index contributed by atoms with van der Waals surface area (Å²) in [5.41, 5.74) is 1.93. The molecule has 0 spiro atoms. The lowest BCUT2D eigenvalue weighted by Crippen LogP contribution is -2.29. The van der Waals surface area contributed by atoms with Crippen LogP contribution in [0.1, 0.15) is 22.6 Å². The van der Waals surface area contributed by atoms with E-state index in [0.29, 0.717) is 22.2 Å². The Morgan fingerprint density at radius 2 is 1.68 bits per heavy atom. The number of hydrazone groups is 1. The molecule has 0 fully saturated rings. The first-order valence-electron chi connectivity index (χ1n) is 12.0. The summed E-state index contributed by atoms with van der Waals surface area (Å²) in [4.78, 5) is 17.1. The number of halogens is 6. The number of hydrogen-bond acceptors (Lipinski definition) is 5. The molecule has 0 aliphatic carbocycles. The highest BCUT2D eigenvalue weighted by atomic mass is 19.4. The van der Waals surface area contributed by atoms with Crippen LogP contribution >= 0.6 is 0 Å². The molecule has 3 aromatic carbocycles. The summed E-state index contributed by atoms with van der Waals surface area (Å²) in [6, 6.07) is 18.9. The van der Waals surface area contributed by atoms with Gasteiger partial charge in [0.25, 0.3) is 0 Å². The Hall–Kier alpha value is -4.61. The van der Waals surface area contributed by atoms with Gasteiger partial charge in [-0.25, -0.2) is 0 Å². The maximum Gasteiger partial charge on any atom is 0.573 e. The summed E-state index contributed by atoms with van der Waals surface area (Å²) in [5.74, 6) is -1.27. The number of anilines is 1. The summed E-state index contributed by atoms with van der Waals surface area (Å²) >= 11 is 0. The molecular formula is C28H20F6N4O2. The monoisotopic (exact) mass is 558 g/mol. The van der Waals surface area contributed by atoms with Crippen LogP contribution in [0.25, 0.3) is 10.9 Å². The molecule has 1 atom stereocenters. The number of ether oxygens (including phenoxy) is 1. The van der Waals surface area contributed by atoms with Gasteiger partial charge in [0, 0.05) is 29.7 Å². The molecule has 1 unspecified atom stereocenters. The van der Waals surface area contributed by atoms with Crippen LogP contribution in [0.4, 0.5) is 32.0 Å². The number of nitrogens with one attached hydrogen (secondary N) is 1. The van der Waals surface area contributed by atoms with Gasteiger partial charge in [0.1, 0.15) is 12.3 Å². The second-order valence-electron chi connectivity index (χ2n) is 9.05. The van der Waals surface area contributed by atoms with Crippen molar-refractivity contribution in [1.82, 2.24) is 9.99 Å². The number of pyridine rings is 1. The Labute approximate surface area is 223 Å². The third-order valence-electron chi connectivity index (χ3n) is 6.17. The first-order valence-corrected chi connectivity index (χ1v) is 12.0. The van der Waals surface area contributed by atoms with Gasteiger partial charge in [-0.3, -0.25) is 14.8 Å². The Bertz CT molecular complexity index is 1550. The number of carbonyl (C=O) groups excluding carboxylic acids is 1. The number of alkyl halides is 6. The minimum atomic E-state index is -4.83. The molecule has 0 saturated heterocycles. The minimum absolute atomic E-state index is 0.174. The van der Waals surface area contributed by atoms with Crippen LogP contribution < -0.4 is 10.1 Å². The molecule has 0 bridgehead atoms. The van der Waals surface area contributed by atoms with Crippen LogP contribution in [-0.2, 0) is 11.0 Å². The summed E-state index contributed by atoms with van der Waals surface area (Å²) in [7, 11) is 0. The molecule has 1 aromatic heterocycles. The van der Waals surface area contributed by atoms with Gasteiger partial charge in [0.2, 0.25) is 5.91 Å². The van der Waals surface area contributed by atoms with E-state index in [2.05, 4.69) is 20.1 Å². The standard InChI is InChI=1S/C28H20F6N4O2/c29-27(30,31)20-6-11-24-18(13-20)12-19(14-35-24)23-15-38(37-26(23)17-4-2-1-3-5-17)16-25(39)36-21-7-9-22(10-8-21)40-28(32,33)34/h1-14,23H,15-16H2,(H,36,39). The van der Waals surface area contributed by atoms with Gasteiger partial charge in [0.15, 0.2) is 0 Å². The normalized spacial score (nSPS) is 15.7. The zero-order valence-corrected chi connectivity index (χ0v) is 20.5. The van der Waals surface area contributed by atoms with Crippen molar-refractivity contribution >= 4 is 28.2 Å². The largest absolute Gasteiger partial charge is 0.573 e. The molecule has 2 heterocycles. The molecule has 5 rings (SSSR count). The number of hydrogen-bond donors (Lipinski definition) is 1. The van der Waals surface area contributed by atoms with Gasteiger partial charge in [-0.2, -0.15) is 18.3 Å². The Morgan fingerprint density at radius 3 is 2.35 bits per heavy atom. The van der Waals surface area contributed by atoms with E-state index >= 15 is 0 Å². The average molecular weight is 558 g/mol. The van der Waals surface area contributed by atoms with Gasteiger partial charge in [0.05, 0.1) is 16.8 Å². The molecule has 0 radical (unpaired) electrons. The molecule has 1 amide bonds. The zero-order chi connectivity index (χ0) is 28.5. The number of nitrogens with zero attached hydrogens (tertiary/aromatic N) is 3. The van der Waals surface area contributed by atoms with Crippen LogP contribution in [0.15, 0.2) is 90.2 Å². The maximum atomic E-state index is 13.3. The summed E-state index contributed by atoms with van der Waals surface area (Å²) in [5, 5.41) is 9.09. The second-order valence-corrected chi connectivity index (χ2v) is 9.05. The highest BCUT2D eigenvalue weighted by Gasteiger charge is 2.33. The Morgan fingerprint density at radius 1 is 0.950 bits per heavy atom. The SMILES string of the molecule is O=C(CN1CC(c2cnc3ccc(C(F)(F)F)cc3c2)C(c2ccccc2)=N1)Nc1ccc(OC(F)(F)F)cc1. The van der Waals surface area contributed by atoms with Crippen molar-refractivity contribution < 1.29 is 35.9 Å². The van der Waals surface area contributed by atoms with E-state index in [1.165, 1.54) is 23.2 Å². The lowest BCUT2D eigenvalue weighted by molar-refractivity contribution is -0.274. The third-order valence-corrected chi connectivity index (χ3v) is 6.17. The number of carbonyl (C=O) groups is 1. The number of benzene rings is 3. The lowest BCUT2D eigenvalue weighted by atomic mass is 9.91. The van der Waals surface area contributed by atoms with Gasteiger partial charge < -0.3 is 10.1 Å². The Balaban J connectivity index is 1.36. The van der Waals surface area contributed by atoms with E-state index in [1.54, 1.807) is 12.3 Å². The quantitative estimate of drug-likeness (QED) is 0.271. The predicted molar refractivity (Wildman–Crippen MR) is 136 cm³/mol. The molecule has 6 nitrogen and oxygen atoms in total. The lowest BCUT2D eigenvalue weighted by Gasteiger charge is -2.17. The maximum absolute atomic E-state index is 13.3. The molecule has 12 heteroatoms. The van der Waals surface area contributed by atoms with Crippen molar-refractivity contribution in [2.45, 2.75) is 18.5 Å². The highest BCUT2D eigenvalue weighted by Crippen LogP contribution is 2.34. The van der Waals surface area contributed by atoms with E-state index < -0.39 is 29.8 Å². The van der Waals surface area contributed by atoms with E-state index in [1.807, 2.05) is 30.3 Å². The topological polar surface area (TPSA) is 66.8 Å². The van der Waals surface area contributed by atoms with Gasteiger partial charge in [-0.1, -0.05) is 30.3 Å². The van der Waals surface area contributed by atoms with Gasteiger partial charge in [-0.15, -0.1) is 13.2 Å². The van der Waals surface area contributed by atoms with E-state index in [0.717, 1.165) is 29.8 Å². The van der Waals surface area contributed by atoms with Crippen LogP contribution in [0.3, 0.4) is 0 Å². The highest BCUT2D eigenvalue weighted by molar-refractivity contribution is 6.06. The molecule has 206 valence electrons. The van der Waals surface area contributed by atoms with E-state index in [9.17, 15) is 31.1 Å². The first kappa shape index (κ1) is 27.0. The Kier molecular flexibility index (Phi) is 7.09. The zero-order valence-electron chi connectivity index (χ0n) is 20.5. The number of rotatable bonds is 6. The van der Waals surface area contributed by atoms with Crippen molar-refractivity contribution in [3.8, 4) is 5.75 Å². The fourth-order valence-electron chi connectivity index (χ4n) is 4.41. The summed E-state index contributed by atoms with van der Waals surface area (Å²) in [6.45, 7) is 0.0784. The van der Waals surface area contributed by atoms with E-state index in [-0.39, 0.29) is 24.7 Å². The smallest absolute Gasteiger partial charge is 0.406 e. The van der Waals surface area contributed by atoms with Crippen LogP contribution in [0, 0.1) is 0 Å². The number of aromatic nitrogens is 1. The van der Waals surface area contributed by atoms with Crippen molar-refractivity contribution in [1.29, 1.82) is 0 Å². The molecule has 1 aliphatic heterocycles. The van der Waals surface area contributed by atoms with Crippen LogP contribution in [0.2, 0.25) is 0 Å².